The maximum atomic E-state index is 14.7. The molecule has 0 radical (unpaired) electrons. The second-order valence-corrected chi connectivity index (χ2v) is 11.1. The monoisotopic (exact) mass is 630 g/mol. The quantitative estimate of drug-likeness (QED) is 0.0936. The van der Waals surface area contributed by atoms with Gasteiger partial charge in [-0.15, -0.1) is 0 Å². The highest BCUT2D eigenvalue weighted by atomic mass is 19.4. The summed E-state index contributed by atoms with van der Waals surface area (Å²) in [7, 11) is 1.69. The van der Waals surface area contributed by atoms with E-state index in [1.54, 1.807) is 35.6 Å². The van der Waals surface area contributed by atoms with Crippen molar-refractivity contribution in [2.24, 2.45) is 5.92 Å². The van der Waals surface area contributed by atoms with E-state index in [0.717, 1.165) is 25.3 Å². The number of amides is 1. The molecule has 0 aliphatic heterocycles. The van der Waals surface area contributed by atoms with Crippen LogP contribution in [0.3, 0.4) is 0 Å². The van der Waals surface area contributed by atoms with Crippen LogP contribution in [0.4, 0.5) is 38.5 Å². The number of aromatic nitrogens is 4. The number of hydrogen-bond acceptors (Lipinski definition) is 7. The molecule has 0 bridgehead atoms. The average molecular weight is 631 g/mol. The fraction of sp³-hybridized carbons (Fsp3) is 0.367. The van der Waals surface area contributed by atoms with Gasteiger partial charge < -0.3 is 19.9 Å². The van der Waals surface area contributed by atoms with Crippen LogP contribution in [0.2, 0.25) is 0 Å². The highest BCUT2D eigenvalue weighted by Crippen LogP contribution is 2.36. The molecule has 45 heavy (non-hydrogen) atoms. The average Bonchev–Trinajstić information content (AvgIpc) is 3.28. The molecule has 1 aliphatic rings. The topological polar surface area (TPSA) is 132 Å². The minimum atomic E-state index is -4.87. The summed E-state index contributed by atoms with van der Waals surface area (Å²) in [5.41, 5.74) is -0.237. The van der Waals surface area contributed by atoms with Crippen molar-refractivity contribution < 1.29 is 31.9 Å². The van der Waals surface area contributed by atoms with Gasteiger partial charge in [-0.25, -0.2) is 23.5 Å². The number of nitrogens with zero attached hydrogens (tertiary/aromatic N) is 5. The van der Waals surface area contributed by atoms with Crippen molar-refractivity contribution >= 4 is 34.9 Å². The molecule has 10 nitrogen and oxygen atoms in total. The van der Waals surface area contributed by atoms with Gasteiger partial charge in [0.25, 0.3) is 0 Å². The molecule has 2 heterocycles. The molecule has 2 aromatic carbocycles. The maximum absolute atomic E-state index is 14.7. The first kappa shape index (κ1) is 31.6. The van der Waals surface area contributed by atoms with E-state index in [-0.39, 0.29) is 41.4 Å². The summed E-state index contributed by atoms with van der Waals surface area (Å²) in [5, 5.41) is 22.7. The zero-order valence-corrected chi connectivity index (χ0v) is 24.6. The Morgan fingerprint density at radius 2 is 1.87 bits per heavy atom. The highest BCUT2D eigenvalue weighted by Gasteiger charge is 2.34. The normalized spacial score (nSPS) is 14.9. The SMILES string of the molecule is CC(c1cccc(F)c1)N(C)c1nc2nc(C(=N)NC(=O)O)nc(N[C@H](C)C3CCC3)c2n1Cc1ccc(C(F)(F)F)c(F)c1. The van der Waals surface area contributed by atoms with Gasteiger partial charge in [0.15, 0.2) is 23.1 Å². The zero-order chi connectivity index (χ0) is 32.6. The van der Waals surface area contributed by atoms with Gasteiger partial charge in [0, 0.05) is 13.1 Å². The standard InChI is InChI=1S/C30H31F5N8O2/c1-15(18-6-4-7-18)37-25-23-26(40-27(39-25)24(36)38-29(44)45)41-28(42(3)16(2)19-8-5-9-20(31)13-19)43(23)14-17-10-11-21(22(32)12-17)30(33,34)35/h5,8-13,15-16,18H,4,6-7,14H2,1-3H3,(H2,36,38)(H,44,45)(H,37,39,40)/t15-,16?/m1/s1. The minimum Gasteiger partial charge on any atom is -0.465 e. The molecule has 4 N–H and O–H groups in total. The molecule has 2 aromatic heterocycles. The van der Waals surface area contributed by atoms with Crippen molar-refractivity contribution in [3.05, 3.63) is 76.6 Å². The Morgan fingerprint density at radius 1 is 1.13 bits per heavy atom. The van der Waals surface area contributed by atoms with Crippen LogP contribution >= 0.6 is 0 Å². The summed E-state index contributed by atoms with van der Waals surface area (Å²) in [5.74, 6) is -1.95. The number of hydrogen-bond donors (Lipinski definition) is 4. The van der Waals surface area contributed by atoms with Gasteiger partial charge in [-0.1, -0.05) is 24.6 Å². The Bertz CT molecular complexity index is 1750. The second-order valence-electron chi connectivity index (χ2n) is 11.1. The number of nitrogens with one attached hydrogen (secondary N) is 3. The third kappa shape index (κ3) is 6.66. The van der Waals surface area contributed by atoms with Crippen LogP contribution in [-0.4, -0.2) is 49.6 Å². The van der Waals surface area contributed by atoms with Crippen molar-refractivity contribution in [3.63, 3.8) is 0 Å². The molecule has 1 amide bonds. The summed E-state index contributed by atoms with van der Waals surface area (Å²) in [6.07, 6.45) is -3.33. The smallest absolute Gasteiger partial charge is 0.419 e. The Hall–Kier alpha value is -4.82. The van der Waals surface area contributed by atoms with E-state index < -0.39 is 41.3 Å². The van der Waals surface area contributed by atoms with Crippen molar-refractivity contribution in [1.82, 2.24) is 24.8 Å². The highest BCUT2D eigenvalue weighted by molar-refractivity contribution is 6.03. The number of halogens is 5. The third-order valence-corrected chi connectivity index (χ3v) is 8.17. The number of carboxylic acid groups (broad SMARTS) is 1. The number of benzene rings is 2. The molecule has 1 aliphatic carbocycles. The molecule has 15 heteroatoms. The van der Waals surface area contributed by atoms with Crippen LogP contribution < -0.4 is 15.5 Å². The molecule has 0 saturated heterocycles. The van der Waals surface area contributed by atoms with E-state index in [1.807, 2.05) is 12.2 Å². The van der Waals surface area contributed by atoms with E-state index in [4.69, 9.17) is 5.41 Å². The largest absolute Gasteiger partial charge is 0.465 e. The maximum Gasteiger partial charge on any atom is 0.419 e. The number of alkyl halides is 3. The molecular weight excluding hydrogens is 599 g/mol. The molecule has 2 atom stereocenters. The first-order valence-corrected chi connectivity index (χ1v) is 14.2. The van der Waals surface area contributed by atoms with Crippen molar-refractivity contribution in [2.75, 3.05) is 17.3 Å². The molecule has 1 saturated carbocycles. The van der Waals surface area contributed by atoms with Crippen LogP contribution in [0, 0.1) is 23.0 Å². The number of fused-ring (bicyclic) bond motifs is 1. The van der Waals surface area contributed by atoms with E-state index in [9.17, 15) is 31.9 Å². The van der Waals surface area contributed by atoms with Crippen LogP contribution in [0.1, 0.15) is 61.7 Å². The number of imidazole rings is 1. The lowest BCUT2D eigenvalue weighted by atomic mass is 9.80. The fourth-order valence-corrected chi connectivity index (χ4v) is 5.32. The first-order chi connectivity index (χ1) is 21.2. The molecule has 1 unspecified atom stereocenters. The van der Waals surface area contributed by atoms with Gasteiger partial charge in [-0.05, 0) is 68.0 Å². The number of rotatable bonds is 9. The van der Waals surface area contributed by atoms with Gasteiger partial charge in [-0.3, -0.25) is 10.7 Å². The van der Waals surface area contributed by atoms with Crippen LogP contribution in [0.15, 0.2) is 42.5 Å². The van der Waals surface area contributed by atoms with Crippen LogP contribution in [-0.2, 0) is 12.7 Å². The lowest BCUT2D eigenvalue weighted by Gasteiger charge is -2.32. The number of carbonyl (C=O) groups is 1. The second kappa shape index (κ2) is 12.3. The summed E-state index contributed by atoms with van der Waals surface area (Å²) < 4.78 is 70.3. The summed E-state index contributed by atoms with van der Waals surface area (Å²) >= 11 is 0. The van der Waals surface area contributed by atoms with Gasteiger partial charge in [0.05, 0.1) is 18.2 Å². The summed E-state index contributed by atoms with van der Waals surface area (Å²) in [6.45, 7) is 3.61. The lowest BCUT2D eigenvalue weighted by Crippen LogP contribution is -2.33. The zero-order valence-electron chi connectivity index (χ0n) is 24.6. The summed E-state index contributed by atoms with van der Waals surface area (Å²) in [4.78, 5) is 26.5. The molecule has 4 aromatic rings. The Kier molecular flexibility index (Phi) is 8.63. The fourth-order valence-electron chi connectivity index (χ4n) is 5.32. The third-order valence-electron chi connectivity index (χ3n) is 8.17. The first-order valence-electron chi connectivity index (χ1n) is 14.2. The van der Waals surface area contributed by atoms with Crippen LogP contribution in [0.25, 0.3) is 11.2 Å². The predicted octanol–water partition coefficient (Wildman–Crippen LogP) is 6.56. The van der Waals surface area contributed by atoms with Gasteiger partial charge in [0.2, 0.25) is 5.95 Å². The molecule has 238 valence electrons. The molecule has 5 rings (SSSR count). The molecule has 1 fully saturated rings. The van der Waals surface area contributed by atoms with E-state index in [1.165, 1.54) is 18.2 Å². The lowest BCUT2D eigenvalue weighted by molar-refractivity contribution is -0.140. The molecule has 0 spiro atoms. The van der Waals surface area contributed by atoms with Gasteiger partial charge in [-0.2, -0.15) is 18.2 Å². The van der Waals surface area contributed by atoms with E-state index in [0.29, 0.717) is 23.1 Å². The van der Waals surface area contributed by atoms with E-state index in [2.05, 4.69) is 20.3 Å². The Labute approximate surface area is 254 Å². The van der Waals surface area contributed by atoms with Gasteiger partial charge in [0.1, 0.15) is 17.2 Å². The van der Waals surface area contributed by atoms with Crippen LogP contribution in [0.5, 0.6) is 0 Å². The van der Waals surface area contributed by atoms with Crippen molar-refractivity contribution in [1.29, 1.82) is 5.41 Å². The predicted molar refractivity (Wildman–Crippen MR) is 157 cm³/mol. The minimum absolute atomic E-state index is 0.0564. The van der Waals surface area contributed by atoms with Crippen molar-refractivity contribution in [3.8, 4) is 0 Å². The Balaban J connectivity index is 1.69. The van der Waals surface area contributed by atoms with Crippen molar-refractivity contribution in [2.45, 2.75) is 57.9 Å². The number of anilines is 2. The Morgan fingerprint density at radius 3 is 2.47 bits per heavy atom. The number of amidine groups is 1. The van der Waals surface area contributed by atoms with E-state index >= 15 is 0 Å². The van der Waals surface area contributed by atoms with Gasteiger partial charge >= 0.3 is 12.3 Å². The molecular formula is C30H31F5N8O2. The summed E-state index contributed by atoms with van der Waals surface area (Å²) in [6, 6.07) is 8.05.